The second-order valence-corrected chi connectivity index (χ2v) is 3.24. The molecule has 0 aliphatic rings. The summed E-state index contributed by atoms with van der Waals surface area (Å²) in [5.41, 5.74) is 6.51. The Morgan fingerprint density at radius 3 is 3.18 bits per heavy atom. The first-order valence-electron chi connectivity index (χ1n) is 3.43. The summed E-state index contributed by atoms with van der Waals surface area (Å²) in [6.07, 6.45) is 1.81. The molecule has 0 aliphatic heterocycles. The second kappa shape index (κ2) is 2.60. The average Bonchev–Trinajstić information content (AvgIpc) is 2.50. The lowest BCUT2D eigenvalue weighted by Crippen LogP contribution is -1.98. The molecule has 2 rings (SSSR count). The van der Waals surface area contributed by atoms with E-state index in [-0.39, 0.29) is 0 Å². The molecule has 0 aromatic carbocycles. The standard InChI is InChI=1S/C8H8N2S/c9-5-7-6-2-4-11-8(6)1-3-10-7/h1-4H,5,9H2. The van der Waals surface area contributed by atoms with E-state index in [1.165, 1.54) is 10.1 Å². The van der Waals surface area contributed by atoms with Gasteiger partial charge < -0.3 is 5.73 Å². The highest BCUT2D eigenvalue weighted by molar-refractivity contribution is 7.17. The summed E-state index contributed by atoms with van der Waals surface area (Å²) in [5, 5.41) is 3.26. The Bertz CT molecular complexity index is 367. The van der Waals surface area contributed by atoms with Crippen molar-refractivity contribution in [1.82, 2.24) is 4.98 Å². The minimum Gasteiger partial charge on any atom is -0.325 e. The predicted molar refractivity (Wildman–Crippen MR) is 47.5 cm³/mol. The van der Waals surface area contributed by atoms with E-state index in [1.807, 2.05) is 6.07 Å². The topological polar surface area (TPSA) is 38.9 Å². The molecule has 0 saturated carbocycles. The summed E-state index contributed by atoms with van der Waals surface area (Å²) in [5.74, 6) is 0. The summed E-state index contributed by atoms with van der Waals surface area (Å²) in [6, 6.07) is 4.08. The number of hydrogen-bond donors (Lipinski definition) is 1. The molecule has 2 aromatic rings. The fraction of sp³-hybridized carbons (Fsp3) is 0.125. The number of aromatic nitrogens is 1. The quantitative estimate of drug-likeness (QED) is 0.697. The van der Waals surface area contributed by atoms with Crippen molar-refractivity contribution in [3.63, 3.8) is 0 Å². The van der Waals surface area contributed by atoms with E-state index in [0.29, 0.717) is 6.54 Å². The molecule has 0 bridgehead atoms. The third-order valence-electron chi connectivity index (χ3n) is 1.66. The number of thiophene rings is 1. The fourth-order valence-corrected chi connectivity index (χ4v) is 1.92. The van der Waals surface area contributed by atoms with Crippen molar-refractivity contribution in [2.45, 2.75) is 6.54 Å². The molecular formula is C8H8N2S. The molecule has 0 saturated heterocycles. The summed E-state index contributed by atoms with van der Waals surface area (Å²) < 4.78 is 1.26. The van der Waals surface area contributed by atoms with Gasteiger partial charge in [-0.2, -0.15) is 0 Å². The number of nitrogens with zero attached hydrogens (tertiary/aromatic N) is 1. The summed E-state index contributed by atoms with van der Waals surface area (Å²) in [4.78, 5) is 4.18. The minimum atomic E-state index is 0.522. The third kappa shape index (κ3) is 1.02. The third-order valence-corrected chi connectivity index (χ3v) is 2.54. The molecule has 2 N–H and O–H groups in total. The lowest BCUT2D eigenvalue weighted by atomic mass is 10.2. The number of hydrogen-bond acceptors (Lipinski definition) is 3. The van der Waals surface area contributed by atoms with Crippen molar-refractivity contribution >= 4 is 21.4 Å². The maximum Gasteiger partial charge on any atom is 0.0626 e. The Kier molecular flexibility index (Phi) is 1.60. The molecule has 0 aliphatic carbocycles. The van der Waals surface area contributed by atoms with E-state index in [2.05, 4.69) is 16.4 Å². The van der Waals surface area contributed by atoms with Crippen molar-refractivity contribution < 1.29 is 0 Å². The zero-order valence-corrected chi connectivity index (χ0v) is 6.77. The molecule has 0 atom stereocenters. The van der Waals surface area contributed by atoms with Crippen LogP contribution in [0.4, 0.5) is 0 Å². The fourth-order valence-electron chi connectivity index (χ4n) is 1.12. The van der Waals surface area contributed by atoms with E-state index < -0.39 is 0 Å². The Balaban J connectivity index is 2.79. The predicted octanol–water partition coefficient (Wildman–Crippen LogP) is 1.75. The van der Waals surface area contributed by atoms with Gasteiger partial charge in [0.05, 0.1) is 5.69 Å². The summed E-state index contributed by atoms with van der Waals surface area (Å²) >= 11 is 1.72. The second-order valence-electron chi connectivity index (χ2n) is 2.29. The maximum atomic E-state index is 5.52. The minimum absolute atomic E-state index is 0.522. The average molecular weight is 164 g/mol. The van der Waals surface area contributed by atoms with Crippen molar-refractivity contribution in [1.29, 1.82) is 0 Å². The maximum absolute atomic E-state index is 5.52. The SMILES string of the molecule is NCc1nccc2sccc12. The molecule has 3 heteroatoms. The van der Waals surface area contributed by atoms with Crippen LogP contribution in [-0.2, 0) is 6.54 Å². The number of rotatable bonds is 1. The molecule has 0 unspecified atom stereocenters. The zero-order valence-electron chi connectivity index (χ0n) is 5.95. The molecule has 2 nitrogen and oxygen atoms in total. The van der Waals surface area contributed by atoms with Crippen LogP contribution >= 0.6 is 11.3 Å². The smallest absolute Gasteiger partial charge is 0.0626 e. The normalized spacial score (nSPS) is 10.6. The van der Waals surface area contributed by atoms with Gasteiger partial charge in [0.15, 0.2) is 0 Å². The van der Waals surface area contributed by atoms with Gasteiger partial charge in [-0.3, -0.25) is 4.98 Å². The van der Waals surface area contributed by atoms with E-state index >= 15 is 0 Å². The number of pyridine rings is 1. The van der Waals surface area contributed by atoms with Gasteiger partial charge in [-0.25, -0.2) is 0 Å². The Hall–Kier alpha value is -0.930. The highest BCUT2D eigenvalue weighted by atomic mass is 32.1. The molecule has 0 radical (unpaired) electrons. The molecule has 2 aromatic heterocycles. The van der Waals surface area contributed by atoms with Gasteiger partial charge in [-0.05, 0) is 17.5 Å². The van der Waals surface area contributed by atoms with Crippen LogP contribution in [0.1, 0.15) is 5.69 Å². The van der Waals surface area contributed by atoms with Crippen molar-refractivity contribution in [2.75, 3.05) is 0 Å². The van der Waals surface area contributed by atoms with Crippen LogP contribution < -0.4 is 5.73 Å². The molecule has 11 heavy (non-hydrogen) atoms. The lowest BCUT2D eigenvalue weighted by molar-refractivity contribution is 1.01. The molecule has 0 amide bonds. The van der Waals surface area contributed by atoms with Crippen molar-refractivity contribution in [3.05, 3.63) is 29.4 Å². The first-order valence-corrected chi connectivity index (χ1v) is 4.31. The highest BCUT2D eigenvalue weighted by Gasteiger charge is 1.99. The van der Waals surface area contributed by atoms with Gasteiger partial charge in [0, 0.05) is 22.8 Å². The van der Waals surface area contributed by atoms with Crippen LogP contribution in [0.5, 0.6) is 0 Å². The number of nitrogens with two attached hydrogens (primary N) is 1. The van der Waals surface area contributed by atoms with Crippen LogP contribution in [0.2, 0.25) is 0 Å². The van der Waals surface area contributed by atoms with Crippen molar-refractivity contribution in [2.24, 2.45) is 5.73 Å². The first-order chi connectivity index (χ1) is 5.42. The molecule has 0 fully saturated rings. The van der Waals surface area contributed by atoms with Gasteiger partial charge in [0.2, 0.25) is 0 Å². The summed E-state index contributed by atoms with van der Waals surface area (Å²) in [6.45, 7) is 0.522. The first kappa shape index (κ1) is 6.76. The summed E-state index contributed by atoms with van der Waals surface area (Å²) in [7, 11) is 0. The van der Waals surface area contributed by atoms with Gasteiger partial charge in [-0.1, -0.05) is 0 Å². The zero-order chi connectivity index (χ0) is 7.68. The Morgan fingerprint density at radius 1 is 1.45 bits per heavy atom. The Labute approximate surface area is 68.7 Å². The van der Waals surface area contributed by atoms with Gasteiger partial charge in [-0.15, -0.1) is 11.3 Å². The van der Waals surface area contributed by atoms with Crippen LogP contribution in [0.3, 0.4) is 0 Å². The van der Waals surface area contributed by atoms with Crippen LogP contribution in [0.25, 0.3) is 10.1 Å². The van der Waals surface area contributed by atoms with Gasteiger partial charge >= 0.3 is 0 Å². The van der Waals surface area contributed by atoms with E-state index in [1.54, 1.807) is 17.5 Å². The molecule has 2 heterocycles. The lowest BCUT2D eigenvalue weighted by Gasteiger charge is -1.95. The van der Waals surface area contributed by atoms with E-state index in [9.17, 15) is 0 Å². The van der Waals surface area contributed by atoms with Crippen molar-refractivity contribution in [3.8, 4) is 0 Å². The number of fused-ring (bicyclic) bond motifs is 1. The molecule has 56 valence electrons. The van der Waals surface area contributed by atoms with Crippen LogP contribution in [0.15, 0.2) is 23.7 Å². The molecule has 0 spiro atoms. The van der Waals surface area contributed by atoms with Crippen LogP contribution in [-0.4, -0.2) is 4.98 Å². The Morgan fingerprint density at radius 2 is 2.36 bits per heavy atom. The molecular weight excluding hydrogens is 156 g/mol. The van der Waals surface area contributed by atoms with Gasteiger partial charge in [0.25, 0.3) is 0 Å². The van der Waals surface area contributed by atoms with Crippen LogP contribution in [0, 0.1) is 0 Å². The monoisotopic (exact) mass is 164 g/mol. The largest absolute Gasteiger partial charge is 0.325 e. The van der Waals surface area contributed by atoms with E-state index in [4.69, 9.17) is 5.73 Å². The van der Waals surface area contributed by atoms with Gasteiger partial charge in [0.1, 0.15) is 0 Å². The van der Waals surface area contributed by atoms with E-state index in [0.717, 1.165) is 5.69 Å². The highest BCUT2D eigenvalue weighted by Crippen LogP contribution is 2.21.